The van der Waals surface area contributed by atoms with Gasteiger partial charge in [0.15, 0.2) is 5.82 Å². The molecule has 0 aliphatic rings. The Labute approximate surface area is 126 Å². The van der Waals surface area contributed by atoms with E-state index in [1.807, 2.05) is 44.2 Å². The van der Waals surface area contributed by atoms with E-state index in [9.17, 15) is 0 Å². The Morgan fingerprint density at radius 3 is 2.67 bits per heavy atom. The first-order valence-electron chi connectivity index (χ1n) is 7.40. The van der Waals surface area contributed by atoms with Gasteiger partial charge in [-0.05, 0) is 32.0 Å². The molecular formula is C17H23N3O. The monoisotopic (exact) mass is 285 g/mol. The Morgan fingerprint density at radius 2 is 1.95 bits per heavy atom. The molecule has 2 rings (SSSR count). The van der Waals surface area contributed by atoms with Crippen LogP contribution in [0.15, 0.2) is 30.3 Å². The van der Waals surface area contributed by atoms with Gasteiger partial charge >= 0.3 is 0 Å². The number of nitrogens with zero attached hydrogens (tertiary/aromatic N) is 2. The largest absolute Gasteiger partial charge is 0.493 e. The zero-order valence-electron chi connectivity index (χ0n) is 13.2. The molecule has 0 bridgehead atoms. The first kappa shape index (κ1) is 15.4. The minimum Gasteiger partial charge on any atom is -0.493 e. The topological polar surface area (TPSA) is 47.0 Å². The van der Waals surface area contributed by atoms with Crippen LogP contribution in [0.5, 0.6) is 5.75 Å². The second-order valence-corrected chi connectivity index (χ2v) is 5.29. The number of hydrogen-bond acceptors (Lipinski definition) is 4. The fourth-order valence-corrected chi connectivity index (χ4v) is 2.09. The van der Waals surface area contributed by atoms with Crippen LogP contribution >= 0.6 is 0 Å². The maximum atomic E-state index is 5.67. The Morgan fingerprint density at radius 1 is 1.19 bits per heavy atom. The summed E-state index contributed by atoms with van der Waals surface area (Å²) in [7, 11) is 0. The van der Waals surface area contributed by atoms with Gasteiger partial charge in [0.1, 0.15) is 5.75 Å². The summed E-state index contributed by atoms with van der Waals surface area (Å²) >= 11 is 0. The third-order valence-electron chi connectivity index (χ3n) is 3.03. The molecule has 0 saturated carbocycles. The summed E-state index contributed by atoms with van der Waals surface area (Å²) in [5.41, 5.74) is 2.90. The maximum Gasteiger partial charge on any atom is 0.163 e. The predicted molar refractivity (Wildman–Crippen MR) is 85.3 cm³/mol. The van der Waals surface area contributed by atoms with Crippen LogP contribution in [0.3, 0.4) is 0 Å². The van der Waals surface area contributed by atoms with E-state index < -0.39 is 0 Å². The molecule has 2 aromatic rings. The summed E-state index contributed by atoms with van der Waals surface area (Å²) in [5, 5.41) is 3.39. The van der Waals surface area contributed by atoms with Crippen molar-refractivity contribution >= 4 is 0 Å². The molecule has 1 aromatic heterocycles. The zero-order chi connectivity index (χ0) is 15.2. The predicted octanol–water partition coefficient (Wildman–Crippen LogP) is 3.35. The summed E-state index contributed by atoms with van der Waals surface area (Å²) in [6.07, 6.45) is 0. The molecule has 0 atom stereocenters. The molecule has 1 aromatic carbocycles. The molecule has 1 heterocycles. The lowest BCUT2D eigenvalue weighted by Crippen LogP contribution is -2.22. The van der Waals surface area contributed by atoms with Crippen LogP contribution in [0, 0.1) is 6.92 Å². The summed E-state index contributed by atoms with van der Waals surface area (Å²) in [4.78, 5) is 9.22. The van der Waals surface area contributed by atoms with Crippen LogP contribution in [0.2, 0.25) is 0 Å². The van der Waals surface area contributed by atoms with E-state index in [-0.39, 0.29) is 0 Å². The van der Waals surface area contributed by atoms with Crippen molar-refractivity contribution < 1.29 is 4.74 Å². The SMILES string of the molecule is CCOc1ccccc1-c1nc(C)cc(CNC(C)C)n1. The van der Waals surface area contributed by atoms with Crippen molar-refractivity contribution in [3.8, 4) is 17.1 Å². The van der Waals surface area contributed by atoms with Crippen molar-refractivity contribution in [3.63, 3.8) is 0 Å². The fourth-order valence-electron chi connectivity index (χ4n) is 2.09. The molecule has 0 aliphatic carbocycles. The standard InChI is InChI=1S/C17H23N3O/c1-5-21-16-9-7-6-8-15(16)17-19-13(4)10-14(20-17)11-18-12(2)3/h6-10,12,18H,5,11H2,1-4H3. The van der Waals surface area contributed by atoms with Gasteiger partial charge < -0.3 is 10.1 Å². The van der Waals surface area contributed by atoms with E-state index in [4.69, 9.17) is 4.74 Å². The molecule has 0 aliphatic heterocycles. The average Bonchev–Trinajstić information content (AvgIpc) is 2.45. The molecule has 4 heteroatoms. The van der Waals surface area contributed by atoms with Gasteiger partial charge in [-0.25, -0.2) is 9.97 Å². The number of hydrogen-bond donors (Lipinski definition) is 1. The average molecular weight is 285 g/mol. The Kier molecular flexibility index (Phi) is 5.28. The summed E-state index contributed by atoms with van der Waals surface area (Å²) < 4.78 is 5.67. The van der Waals surface area contributed by atoms with E-state index >= 15 is 0 Å². The van der Waals surface area contributed by atoms with Crippen LogP contribution in [0.25, 0.3) is 11.4 Å². The molecule has 0 radical (unpaired) electrons. The molecular weight excluding hydrogens is 262 g/mol. The van der Waals surface area contributed by atoms with E-state index in [1.54, 1.807) is 0 Å². The van der Waals surface area contributed by atoms with Crippen LogP contribution in [0.4, 0.5) is 0 Å². The van der Waals surface area contributed by atoms with E-state index in [1.165, 1.54) is 0 Å². The first-order chi connectivity index (χ1) is 10.1. The van der Waals surface area contributed by atoms with Crippen LogP contribution in [-0.4, -0.2) is 22.6 Å². The van der Waals surface area contributed by atoms with Crippen molar-refractivity contribution in [2.24, 2.45) is 0 Å². The minimum atomic E-state index is 0.430. The van der Waals surface area contributed by atoms with E-state index in [0.717, 1.165) is 35.1 Å². The summed E-state index contributed by atoms with van der Waals surface area (Å²) in [5.74, 6) is 1.55. The lowest BCUT2D eigenvalue weighted by molar-refractivity contribution is 0.341. The third-order valence-corrected chi connectivity index (χ3v) is 3.03. The Balaban J connectivity index is 2.35. The molecule has 112 valence electrons. The zero-order valence-corrected chi connectivity index (χ0v) is 13.2. The number of ether oxygens (including phenoxy) is 1. The van der Waals surface area contributed by atoms with E-state index in [2.05, 4.69) is 29.1 Å². The number of rotatable bonds is 6. The second-order valence-electron chi connectivity index (χ2n) is 5.29. The van der Waals surface area contributed by atoms with E-state index in [0.29, 0.717) is 12.6 Å². The molecule has 0 spiro atoms. The fraction of sp³-hybridized carbons (Fsp3) is 0.412. The number of aromatic nitrogens is 2. The number of aryl methyl sites for hydroxylation is 1. The van der Waals surface area contributed by atoms with Gasteiger partial charge in [-0.1, -0.05) is 26.0 Å². The van der Waals surface area contributed by atoms with Gasteiger partial charge in [-0.3, -0.25) is 0 Å². The Hall–Kier alpha value is -1.94. The van der Waals surface area contributed by atoms with Crippen LogP contribution < -0.4 is 10.1 Å². The number of para-hydroxylation sites is 1. The Bertz CT molecular complexity index is 596. The smallest absolute Gasteiger partial charge is 0.163 e. The molecule has 0 saturated heterocycles. The third kappa shape index (κ3) is 4.26. The van der Waals surface area contributed by atoms with Crippen molar-refractivity contribution in [1.82, 2.24) is 15.3 Å². The van der Waals surface area contributed by atoms with Gasteiger partial charge in [-0.15, -0.1) is 0 Å². The summed E-state index contributed by atoms with van der Waals surface area (Å²) in [6, 6.07) is 10.3. The number of benzene rings is 1. The van der Waals surface area contributed by atoms with Gasteiger partial charge in [-0.2, -0.15) is 0 Å². The molecule has 0 amide bonds. The van der Waals surface area contributed by atoms with Crippen LogP contribution in [-0.2, 0) is 6.54 Å². The van der Waals surface area contributed by atoms with Crippen molar-refractivity contribution in [1.29, 1.82) is 0 Å². The summed E-state index contributed by atoms with van der Waals surface area (Å²) in [6.45, 7) is 9.59. The highest BCUT2D eigenvalue weighted by molar-refractivity contribution is 5.64. The molecule has 0 unspecified atom stereocenters. The normalized spacial score (nSPS) is 10.9. The molecule has 1 N–H and O–H groups in total. The molecule has 21 heavy (non-hydrogen) atoms. The van der Waals surface area contributed by atoms with Crippen LogP contribution in [0.1, 0.15) is 32.2 Å². The van der Waals surface area contributed by atoms with Crippen molar-refractivity contribution in [2.75, 3.05) is 6.61 Å². The second kappa shape index (κ2) is 7.18. The van der Waals surface area contributed by atoms with Crippen molar-refractivity contribution in [3.05, 3.63) is 41.7 Å². The first-order valence-corrected chi connectivity index (χ1v) is 7.40. The highest BCUT2D eigenvalue weighted by Gasteiger charge is 2.10. The van der Waals surface area contributed by atoms with Gasteiger partial charge in [0.2, 0.25) is 0 Å². The van der Waals surface area contributed by atoms with Gasteiger partial charge in [0.25, 0.3) is 0 Å². The van der Waals surface area contributed by atoms with Gasteiger partial charge in [0, 0.05) is 18.3 Å². The highest BCUT2D eigenvalue weighted by atomic mass is 16.5. The number of nitrogens with one attached hydrogen (secondary N) is 1. The quantitative estimate of drug-likeness (QED) is 0.884. The van der Waals surface area contributed by atoms with Gasteiger partial charge in [0.05, 0.1) is 17.9 Å². The highest BCUT2D eigenvalue weighted by Crippen LogP contribution is 2.27. The lowest BCUT2D eigenvalue weighted by Gasteiger charge is -2.12. The maximum absolute atomic E-state index is 5.67. The molecule has 4 nitrogen and oxygen atoms in total. The van der Waals surface area contributed by atoms with Crippen molar-refractivity contribution in [2.45, 2.75) is 40.3 Å². The minimum absolute atomic E-state index is 0.430. The lowest BCUT2D eigenvalue weighted by atomic mass is 10.1. The molecule has 0 fully saturated rings.